The summed E-state index contributed by atoms with van der Waals surface area (Å²) < 4.78 is 0. The van der Waals surface area contributed by atoms with Gasteiger partial charge in [-0.05, 0) is 37.2 Å². The first-order valence-electron chi connectivity index (χ1n) is 10.1. The van der Waals surface area contributed by atoms with E-state index in [1.54, 1.807) is 7.05 Å². The molecular formula is C22H29IN4O2. The number of rotatable bonds is 6. The van der Waals surface area contributed by atoms with E-state index < -0.39 is 0 Å². The van der Waals surface area contributed by atoms with E-state index in [1.807, 2.05) is 6.07 Å². The standard InChI is InChI=1S/C22H28N4O2.HI/c1-14-5-3-6-15(11-14)13-25-22(23-2)24-9-4-10-26-20(27)18-16-7-8-17(12-16)19(18)21(26)28;/h3,5-8,11,16-19H,4,9-10,12-13H2,1-2H3,(H2,23,24,25);1H. The number of nitrogens with zero attached hydrogens (tertiary/aromatic N) is 2. The number of allylic oxidation sites excluding steroid dienone is 2. The van der Waals surface area contributed by atoms with Crippen molar-refractivity contribution < 1.29 is 9.59 Å². The molecule has 1 aromatic rings. The molecule has 1 aromatic carbocycles. The fraction of sp³-hybridized carbons (Fsp3) is 0.500. The van der Waals surface area contributed by atoms with Crippen LogP contribution in [0.5, 0.6) is 0 Å². The normalized spacial score (nSPS) is 27.2. The lowest BCUT2D eigenvalue weighted by atomic mass is 9.85. The summed E-state index contributed by atoms with van der Waals surface area (Å²) in [7, 11) is 1.74. The number of benzene rings is 1. The van der Waals surface area contributed by atoms with Gasteiger partial charge in [0.2, 0.25) is 11.8 Å². The smallest absolute Gasteiger partial charge is 0.233 e. The number of amides is 2. The minimum absolute atomic E-state index is 0. The Balaban J connectivity index is 0.00000240. The predicted octanol–water partition coefficient (Wildman–Crippen LogP) is 2.48. The molecule has 0 spiro atoms. The third kappa shape index (κ3) is 4.34. The van der Waals surface area contributed by atoms with Crippen molar-refractivity contribution in [2.75, 3.05) is 20.1 Å². The highest BCUT2D eigenvalue weighted by Gasteiger charge is 2.58. The lowest BCUT2D eigenvalue weighted by molar-refractivity contribution is -0.140. The van der Waals surface area contributed by atoms with Gasteiger partial charge in [0.15, 0.2) is 5.96 Å². The van der Waals surface area contributed by atoms with E-state index in [9.17, 15) is 9.59 Å². The average molecular weight is 508 g/mol. The van der Waals surface area contributed by atoms with Crippen LogP contribution in [0.4, 0.5) is 0 Å². The van der Waals surface area contributed by atoms with Crippen molar-refractivity contribution in [3.8, 4) is 0 Å². The van der Waals surface area contributed by atoms with Gasteiger partial charge >= 0.3 is 0 Å². The van der Waals surface area contributed by atoms with Crippen LogP contribution in [-0.2, 0) is 16.1 Å². The van der Waals surface area contributed by atoms with E-state index in [0.717, 1.165) is 12.4 Å². The summed E-state index contributed by atoms with van der Waals surface area (Å²) in [6.07, 6.45) is 5.95. The molecule has 156 valence electrons. The third-order valence-corrected chi connectivity index (χ3v) is 6.18. The van der Waals surface area contributed by atoms with Crippen LogP contribution in [-0.4, -0.2) is 42.8 Å². The maximum Gasteiger partial charge on any atom is 0.233 e. The predicted molar refractivity (Wildman–Crippen MR) is 124 cm³/mol. The molecule has 3 aliphatic rings. The monoisotopic (exact) mass is 508 g/mol. The Morgan fingerprint density at radius 2 is 1.83 bits per heavy atom. The molecule has 1 aliphatic heterocycles. The van der Waals surface area contributed by atoms with Gasteiger partial charge in [-0.25, -0.2) is 0 Å². The van der Waals surface area contributed by atoms with Crippen LogP contribution in [0.3, 0.4) is 0 Å². The summed E-state index contributed by atoms with van der Waals surface area (Å²) >= 11 is 0. The number of aryl methyl sites for hydroxylation is 1. The highest BCUT2D eigenvalue weighted by atomic mass is 127. The highest BCUT2D eigenvalue weighted by Crippen LogP contribution is 2.52. The van der Waals surface area contributed by atoms with Crippen LogP contribution in [0.1, 0.15) is 24.0 Å². The Bertz CT molecular complexity index is 808. The van der Waals surface area contributed by atoms with Gasteiger partial charge in [0.25, 0.3) is 0 Å². The number of carbonyl (C=O) groups is 2. The van der Waals surface area contributed by atoms with Gasteiger partial charge in [-0.2, -0.15) is 0 Å². The van der Waals surface area contributed by atoms with Crippen LogP contribution in [0.25, 0.3) is 0 Å². The van der Waals surface area contributed by atoms with Gasteiger partial charge in [0, 0.05) is 26.7 Å². The van der Waals surface area contributed by atoms with E-state index in [0.29, 0.717) is 26.1 Å². The summed E-state index contributed by atoms with van der Waals surface area (Å²) in [5.41, 5.74) is 2.43. The molecule has 29 heavy (non-hydrogen) atoms. The topological polar surface area (TPSA) is 73.8 Å². The molecule has 7 heteroatoms. The number of hydrogen-bond donors (Lipinski definition) is 2. The van der Waals surface area contributed by atoms with Crippen LogP contribution in [0.15, 0.2) is 41.4 Å². The molecule has 2 aliphatic carbocycles. The number of nitrogens with one attached hydrogen (secondary N) is 2. The maximum atomic E-state index is 12.7. The largest absolute Gasteiger partial charge is 0.356 e. The average Bonchev–Trinajstić information content (AvgIpc) is 3.36. The van der Waals surface area contributed by atoms with Crippen LogP contribution in [0.2, 0.25) is 0 Å². The van der Waals surface area contributed by atoms with Crippen LogP contribution >= 0.6 is 24.0 Å². The van der Waals surface area contributed by atoms with Crippen LogP contribution < -0.4 is 10.6 Å². The Morgan fingerprint density at radius 3 is 2.45 bits per heavy atom. The zero-order chi connectivity index (χ0) is 19.7. The Labute approximate surface area is 189 Å². The van der Waals surface area contributed by atoms with Gasteiger partial charge in [-0.1, -0.05) is 42.0 Å². The number of fused-ring (bicyclic) bond motifs is 5. The molecular weight excluding hydrogens is 479 g/mol. The van der Waals surface area contributed by atoms with Gasteiger partial charge in [0.05, 0.1) is 11.8 Å². The van der Waals surface area contributed by atoms with E-state index >= 15 is 0 Å². The first-order chi connectivity index (χ1) is 13.6. The van der Waals surface area contributed by atoms with E-state index in [-0.39, 0.29) is 59.5 Å². The van der Waals surface area contributed by atoms with Crippen molar-refractivity contribution in [1.82, 2.24) is 15.5 Å². The molecule has 6 nitrogen and oxygen atoms in total. The van der Waals surface area contributed by atoms with E-state index in [2.05, 4.69) is 52.9 Å². The van der Waals surface area contributed by atoms with Crippen molar-refractivity contribution in [2.24, 2.45) is 28.7 Å². The zero-order valence-corrected chi connectivity index (χ0v) is 19.3. The van der Waals surface area contributed by atoms with Gasteiger partial charge < -0.3 is 10.6 Å². The fourth-order valence-corrected chi connectivity index (χ4v) is 4.86. The lowest BCUT2D eigenvalue weighted by Gasteiger charge is -2.18. The second-order valence-corrected chi connectivity index (χ2v) is 8.02. The molecule has 2 fully saturated rings. The zero-order valence-electron chi connectivity index (χ0n) is 16.9. The minimum Gasteiger partial charge on any atom is -0.356 e. The molecule has 2 N–H and O–H groups in total. The van der Waals surface area contributed by atoms with Gasteiger partial charge in [-0.15, -0.1) is 24.0 Å². The number of carbonyl (C=O) groups excluding carboxylic acids is 2. The maximum absolute atomic E-state index is 12.7. The molecule has 4 atom stereocenters. The summed E-state index contributed by atoms with van der Waals surface area (Å²) in [5, 5.41) is 6.56. The summed E-state index contributed by atoms with van der Waals surface area (Å²) in [5.74, 6) is 1.15. The third-order valence-electron chi connectivity index (χ3n) is 6.18. The molecule has 2 bridgehead atoms. The highest BCUT2D eigenvalue weighted by molar-refractivity contribution is 14.0. The molecule has 1 saturated heterocycles. The first kappa shape index (κ1) is 21.8. The van der Waals surface area contributed by atoms with E-state index in [1.165, 1.54) is 16.0 Å². The number of guanidine groups is 1. The van der Waals surface area contributed by atoms with Gasteiger partial charge in [0.1, 0.15) is 0 Å². The fourth-order valence-electron chi connectivity index (χ4n) is 4.86. The SMILES string of the molecule is CN=C(NCCCN1C(=O)C2C3C=CC(C3)C2C1=O)NCc1cccc(C)c1.I. The van der Waals surface area contributed by atoms with Crippen LogP contribution in [0, 0.1) is 30.6 Å². The second kappa shape index (κ2) is 9.28. The van der Waals surface area contributed by atoms with Gasteiger partial charge in [-0.3, -0.25) is 19.5 Å². The molecule has 0 radical (unpaired) electrons. The van der Waals surface area contributed by atoms with Crippen molar-refractivity contribution in [1.29, 1.82) is 0 Å². The number of imide groups is 1. The molecule has 4 unspecified atom stereocenters. The van der Waals surface area contributed by atoms with Crippen molar-refractivity contribution in [2.45, 2.75) is 26.3 Å². The molecule has 2 amide bonds. The summed E-state index contributed by atoms with van der Waals surface area (Å²) in [4.78, 5) is 31.1. The Kier molecular flexibility index (Phi) is 6.97. The first-order valence-corrected chi connectivity index (χ1v) is 10.1. The number of likely N-dealkylation sites (tertiary alicyclic amines) is 1. The Morgan fingerprint density at radius 1 is 1.14 bits per heavy atom. The van der Waals surface area contributed by atoms with Crippen molar-refractivity contribution >= 4 is 41.8 Å². The number of halogens is 1. The summed E-state index contributed by atoms with van der Waals surface area (Å²) in [6.45, 7) is 3.91. The lowest BCUT2D eigenvalue weighted by Crippen LogP contribution is -2.39. The Hall–Kier alpha value is -1.90. The molecule has 4 rings (SSSR count). The molecule has 1 saturated carbocycles. The number of hydrogen-bond acceptors (Lipinski definition) is 3. The molecule has 1 heterocycles. The molecule has 0 aromatic heterocycles. The van der Waals surface area contributed by atoms with Crippen molar-refractivity contribution in [3.63, 3.8) is 0 Å². The minimum atomic E-state index is -0.0979. The quantitative estimate of drug-likeness (QED) is 0.155. The summed E-state index contributed by atoms with van der Waals surface area (Å²) in [6, 6.07) is 8.34. The van der Waals surface area contributed by atoms with Crippen molar-refractivity contribution in [3.05, 3.63) is 47.5 Å². The number of aliphatic imine (C=N–C) groups is 1. The van der Waals surface area contributed by atoms with E-state index in [4.69, 9.17) is 0 Å². The second-order valence-electron chi connectivity index (χ2n) is 8.02.